The van der Waals surface area contributed by atoms with Gasteiger partial charge in [-0.1, -0.05) is 62.7 Å². The van der Waals surface area contributed by atoms with E-state index in [0.717, 1.165) is 5.56 Å². The van der Waals surface area contributed by atoms with Crippen molar-refractivity contribution in [3.05, 3.63) is 65.2 Å². The van der Waals surface area contributed by atoms with Gasteiger partial charge in [-0.15, -0.1) is 0 Å². The van der Waals surface area contributed by atoms with E-state index in [2.05, 4.69) is 4.98 Å². The predicted molar refractivity (Wildman–Crippen MR) is 107 cm³/mol. The topological polar surface area (TPSA) is 56.3 Å². The monoisotopic (exact) mass is 381 g/mol. The van der Waals surface area contributed by atoms with Crippen LogP contribution in [0.4, 0.5) is 0 Å². The Morgan fingerprint density at radius 1 is 1.04 bits per heavy atom. The zero-order valence-electron chi connectivity index (χ0n) is 15.5. The molecular formula is C22H20ClNO3. The van der Waals surface area contributed by atoms with Gasteiger partial charge in [-0.2, -0.15) is 0 Å². The molecule has 4 nitrogen and oxygen atoms in total. The molecular weight excluding hydrogens is 362 g/mol. The van der Waals surface area contributed by atoms with E-state index in [1.165, 1.54) is 0 Å². The summed E-state index contributed by atoms with van der Waals surface area (Å²) in [6.45, 7) is 5.13. The maximum atomic E-state index is 12.7. The quantitative estimate of drug-likeness (QED) is 0.573. The van der Waals surface area contributed by atoms with Gasteiger partial charge in [0, 0.05) is 21.4 Å². The zero-order chi connectivity index (χ0) is 19.6. The molecule has 138 valence electrons. The predicted octanol–water partition coefficient (Wildman–Crippen LogP) is 5.33. The van der Waals surface area contributed by atoms with Crippen LogP contribution in [-0.2, 0) is 9.53 Å². The molecule has 0 spiro atoms. The van der Waals surface area contributed by atoms with E-state index < -0.39 is 11.4 Å². The molecule has 5 heteroatoms. The van der Waals surface area contributed by atoms with Crippen molar-refractivity contribution in [3.8, 4) is 11.3 Å². The number of para-hydroxylation sites is 1. The molecule has 27 heavy (non-hydrogen) atoms. The van der Waals surface area contributed by atoms with Crippen LogP contribution in [0.3, 0.4) is 0 Å². The SMILES string of the molecule is CC(C)(C)C(=O)COC(=O)c1cc(-c2ccc(Cl)cc2)nc2ccccc12. The minimum absolute atomic E-state index is 0.132. The van der Waals surface area contributed by atoms with Crippen molar-refractivity contribution in [3.63, 3.8) is 0 Å². The third kappa shape index (κ3) is 4.34. The van der Waals surface area contributed by atoms with Crippen LogP contribution in [0.1, 0.15) is 31.1 Å². The van der Waals surface area contributed by atoms with Gasteiger partial charge in [-0.05, 0) is 24.3 Å². The van der Waals surface area contributed by atoms with E-state index in [1.54, 1.807) is 39.0 Å². The van der Waals surface area contributed by atoms with Gasteiger partial charge in [0.15, 0.2) is 12.4 Å². The molecule has 0 N–H and O–H groups in total. The molecule has 0 radical (unpaired) electrons. The van der Waals surface area contributed by atoms with E-state index in [4.69, 9.17) is 16.3 Å². The van der Waals surface area contributed by atoms with Gasteiger partial charge in [0.25, 0.3) is 0 Å². The molecule has 0 saturated carbocycles. The van der Waals surface area contributed by atoms with Crippen LogP contribution in [0, 0.1) is 5.41 Å². The lowest BCUT2D eigenvalue weighted by Gasteiger charge is -2.16. The van der Waals surface area contributed by atoms with Crippen molar-refractivity contribution < 1.29 is 14.3 Å². The highest BCUT2D eigenvalue weighted by Gasteiger charge is 2.23. The first kappa shape index (κ1) is 19.1. The molecule has 0 unspecified atom stereocenters. The average molecular weight is 382 g/mol. The van der Waals surface area contributed by atoms with Crippen LogP contribution < -0.4 is 0 Å². The number of Topliss-reactive ketones (excluding diaryl/α,β-unsaturated/α-hetero) is 1. The van der Waals surface area contributed by atoms with E-state index in [9.17, 15) is 9.59 Å². The van der Waals surface area contributed by atoms with Crippen molar-refractivity contribution in [2.45, 2.75) is 20.8 Å². The second-order valence-corrected chi connectivity index (χ2v) is 7.76. The normalized spacial score (nSPS) is 11.4. The summed E-state index contributed by atoms with van der Waals surface area (Å²) in [4.78, 5) is 29.4. The van der Waals surface area contributed by atoms with Crippen molar-refractivity contribution in [2.75, 3.05) is 6.61 Å². The Labute approximate surface area is 163 Å². The van der Waals surface area contributed by atoms with Gasteiger partial charge in [0.1, 0.15) is 0 Å². The minimum atomic E-state index is -0.560. The third-order valence-corrected chi connectivity index (χ3v) is 4.50. The van der Waals surface area contributed by atoms with Crippen molar-refractivity contribution in [2.24, 2.45) is 5.41 Å². The molecule has 3 rings (SSSR count). The van der Waals surface area contributed by atoms with Gasteiger partial charge < -0.3 is 4.74 Å². The lowest BCUT2D eigenvalue weighted by molar-refractivity contribution is -0.129. The maximum Gasteiger partial charge on any atom is 0.339 e. The first-order chi connectivity index (χ1) is 12.8. The number of aromatic nitrogens is 1. The number of hydrogen-bond acceptors (Lipinski definition) is 4. The molecule has 0 saturated heterocycles. The number of esters is 1. The smallest absolute Gasteiger partial charge is 0.339 e. The molecule has 0 atom stereocenters. The lowest BCUT2D eigenvalue weighted by atomic mass is 9.91. The van der Waals surface area contributed by atoms with Gasteiger partial charge in [-0.25, -0.2) is 9.78 Å². The molecule has 0 amide bonds. The fourth-order valence-electron chi connectivity index (χ4n) is 2.54. The summed E-state index contributed by atoms with van der Waals surface area (Å²) in [5.74, 6) is -0.673. The summed E-state index contributed by atoms with van der Waals surface area (Å²) in [5.41, 5.74) is 1.98. The molecule has 0 fully saturated rings. The number of nitrogens with zero attached hydrogens (tertiary/aromatic N) is 1. The summed E-state index contributed by atoms with van der Waals surface area (Å²) in [6, 6.07) is 16.3. The highest BCUT2D eigenvalue weighted by molar-refractivity contribution is 6.30. The summed E-state index contributed by atoms with van der Waals surface area (Å²) in [7, 11) is 0. The molecule has 1 heterocycles. The lowest BCUT2D eigenvalue weighted by Crippen LogP contribution is -2.26. The molecule has 0 aliphatic heterocycles. The number of rotatable bonds is 4. The van der Waals surface area contributed by atoms with Crippen LogP contribution in [0.25, 0.3) is 22.2 Å². The molecule has 2 aromatic carbocycles. The number of hydrogen-bond donors (Lipinski definition) is 0. The molecule has 0 aliphatic carbocycles. The van der Waals surface area contributed by atoms with Gasteiger partial charge in [0.05, 0.1) is 16.8 Å². The molecule has 0 bridgehead atoms. The summed E-state index contributed by atoms with van der Waals surface area (Å²) in [5, 5.41) is 1.31. The standard InChI is InChI=1S/C22H20ClNO3/c1-22(2,3)20(25)13-27-21(26)17-12-19(14-8-10-15(23)11-9-14)24-18-7-5-4-6-16(17)18/h4-12H,13H2,1-3H3. The number of ketones is 1. The van der Waals surface area contributed by atoms with Crippen LogP contribution in [0.5, 0.6) is 0 Å². The Morgan fingerprint density at radius 2 is 1.70 bits per heavy atom. The Morgan fingerprint density at radius 3 is 2.37 bits per heavy atom. The number of carbonyl (C=O) groups is 2. The van der Waals surface area contributed by atoms with Crippen LogP contribution in [0.2, 0.25) is 5.02 Å². The average Bonchev–Trinajstić information content (AvgIpc) is 2.64. The number of ether oxygens (including phenoxy) is 1. The third-order valence-electron chi connectivity index (χ3n) is 4.25. The zero-order valence-corrected chi connectivity index (χ0v) is 16.2. The van der Waals surface area contributed by atoms with E-state index in [0.29, 0.717) is 27.2 Å². The van der Waals surface area contributed by atoms with Crippen molar-refractivity contribution in [1.29, 1.82) is 0 Å². The number of benzene rings is 2. The van der Waals surface area contributed by atoms with Crippen LogP contribution >= 0.6 is 11.6 Å². The number of fused-ring (bicyclic) bond motifs is 1. The summed E-state index contributed by atoms with van der Waals surface area (Å²) < 4.78 is 5.30. The van der Waals surface area contributed by atoms with Gasteiger partial charge in [-0.3, -0.25) is 4.79 Å². The van der Waals surface area contributed by atoms with E-state index in [-0.39, 0.29) is 12.4 Å². The highest BCUT2D eigenvalue weighted by Crippen LogP contribution is 2.26. The molecule has 3 aromatic rings. The number of pyridine rings is 1. The van der Waals surface area contributed by atoms with Gasteiger partial charge >= 0.3 is 5.97 Å². The Bertz CT molecular complexity index is 1000. The fourth-order valence-corrected chi connectivity index (χ4v) is 2.66. The first-order valence-electron chi connectivity index (χ1n) is 8.62. The Hall–Kier alpha value is -2.72. The minimum Gasteiger partial charge on any atom is -0.454 e. The fraction of sp³-hybridized carbons (Fsp3) is 0.227. The van der Waals surface area contributed by atoms with E-state index >= 15 is 0 Å². The second kappa shape index (κ2) is 7.49. The number of carbonyl (C=O) groups excluding carboxylic acids is 2. The largest absolute Gasteiger partial charge is 0.454 e. The molecule has 1 aromatic heterocycles. The van der Waals surface area contributed by atoms with E-state index in [1.807, 2.05) is 36.4 Å². The summed E-state index contributed by atoms with van der Waals surface area (Å²) in [6.07, 6.45) is 0. The van der Waals surface area contributed by atoms with Crippen LogP contribution in [-0.4, -0.2) is 23.3 Å². The Kier molecular flexibility index (Phi) is 5.29. The number of halogens is 1. The Balaban J connectivity index is 1.99. The molecule has 0 aliphatic rings. The first-order valence-corrected chi connectivity index (χ1v) is 8.99. The van der Waals surface area contributed by atoms with Crippen LogP contribution in [0.15, 0.2) is 54.6 Å². The highest BCUT2D eigenvalue weighted by atomic mass is 35.5. The van der Waals surface area contributed by atoms with Crippen molar-refractivity contribution in [1.82, 2.24) is 4.98 Å². The second-order valence-electron chi connectivity index (χ2n) is 7.33. The van der Waals surface area contributed by atoms with Crippen molar-refractivity contribution >= 4 is 34.3 Å². The summed E-state index contributed by atoms with van der Waals surface area (Å²) >= 11 is 5.96. The maximum absolute atomic E-state index is 12.7. The van der Waals surface area contributed by atoms with Gasteiger partial charge in [0.2, 0.25) is 0 Å².